The molecule has 1 fully saturated rings. The minimum absolute atomic E-state index is 0.0320. The zero-order chi connectivity index (χ0) is 20.6. The van der Waals surface area contributed by atoms with Crippen LogP contribution in [0, 0.1) is 5.92 Å². The molecule has 0 unspecified atom stereocenters. The van der Waals surface area contributed by atoms with Gasteiger partial charge in [0.2, 0.25) is 0 Å². The fourth-order valence-corrected chi connectivity index (χ4v) is 3.88. The first-order chi connectivity index (χ1) is 13.1. The van der Waals surface area contributed by atoms with Crippen molar-refractivity contribution in [2.24, 2.45) is 11.7 Å². The molecular formula is C19H26BrN5O3. The summed E-state index contributed by atoms with van der Waals surface area (Å²) in [6, 6.07) is 1.85. The Labute approximate surface area is 172 Å². The van der Waals surface area contributed by atoms with Crippen molar-refractivity contribution < 1.29 is 14.3 Å². The maximum atomic E-state index is 12.5. The van der Waals surface area contributed by atoms with Gasteiger partial charge in [-0.05, 0) is 55.1 Å². The highest BCUT2D eigenvalue weighted by Crippen LogP contribution is 2.30. The molecule has 1 aliphatic heterocycles. The molecule has 1 saturated heterocycles. The van der Waals surface area contributed by atoms with Gasteiger partial charge >= 0.3 is 6.09 Å². The molecular weight excluding hydrogens is 426 g/mol. The van der Waals surface area contributed by atoms with Gasteiger partial charge in [-0.25, -0.2) is 9.31 Å². The number of hydrogen-bond acceptors (Lipinski definition) is 5. The van der Waals surface area contributed by atoms with Crippen molar-refractivity contribution in [3.63, 3.8) is 0 Å². The average molecular weight is 452 g/mol. The lowest BCUT2D eigenvalue weighted by Gasteiger charge is -2.24. The van der Waals surface area contributed by atoms with E-state index < -0.39 is 11.5 Å². The number of primary amides is 1. The zero-order valence-corrected chi connectivity index (χ0v) is 18.1. The molecule has 2 atom stereocenters. The van der Waals surface area contributed by atoms with Gasteiger partial charge in [0.05, 0.1) is 23.0 Å². The van der Waals surface area contributed by atoms with E-state index in [2.05, 4.69) is 33.3 Å². The molecule has 0 radical (unpaired) electrons. The Hall–Kier alpha value is -2.29. The second-order valence-electron chi connectivity index (χ2n) is 8.09. The van der Waals surface area contributed by atoms with Gasteiger partial charge < -0.3 is 20.7 Å². The smallest absolute Gasteiger partial charge is 0.410 e. The first-order valence-corrected chi connectivity index (χ1v) is 10.1. The van der Waals surface area contributed by atoms with Gasteiger partial charge in [0, 0.05) is 29.8 Å². The number of halogens is 1. The topological polar surface area (TPSA) is 102 Å². The fourth-order valence-electron chi connectivity index (χ4n) is 3.47. The van der Waals surface area contributed by atoms with Crippen LogP contribution >= 0.6 is 15.9 Å². The summed E-state index contributed by atoms with van der Waals surface area (Å²) in [4.78, 5) is 26.2. The molecule has 152 valence electrons. The van der Waals surface area contributed by atoms with E-state index in [1.807, 2.05) is 33.0 Å². The van der Waals surface area contributed by atoms with Crippen molar-refractivity contribution in [2.75, 3.05) is 18.4 Å². The highest BCUT2D eigenvalue weighted by atomic mass is 79.9. The average Bonchev–Trinajstić information content (AvgIpc) is 3.16. The SMILES string of the molecule is CC[C@H]1CN(C(=O)OC(C)(C)C)C[C@H]1Nc1c(C(N)=O)cnn2cc(Br)cc12. The summed E-state index contributed by atoms with van der Waals surface area (Å²) in [7, 11) is 0. The summed E-state index contributed by atoms with van der Waals surface area (Å²) in [6.07, 6.45) is 3.83. The van der Waals surface area contributed by atoms with Gasteiger partial charge in [0.1, 0.15) is 5.60 Å². The number of hydrogen-bond donors (Lipinski definition) is 2. The lowest BCUT2D eigenvalue weighted by Crippen LogP contribution is -2.36. The largest absolute Gasteiger partial charge is 0.444 e. The number of amides is 2. The van der Waals surface area contributed by atoms with Crippen molar-refractivity contribution in [1.82, 2.24) is 14.5 Å². The lowest BCUT2D eigenvalue weighted by molar-refractivity contribution is 0.0287. The highest BCUT2D eigenvalue weighted by molar-refractivity contribution is 9.10. The normalized spacial score (nSPS) is 19.8. The summed E-state index contributed by atoms with van der Waals surface area (Å²) in [5, 5.41) is 7.71. The van der Waals surface area contributed by atoms with Gasteiger partial charge in [-0.3, -0.25) is 4.79 Å². The van der Waals surface area contributed by atoms with Crippen LogP contribution in [0.3, 0.4) is 0 Å². The Morgan fingerprint density at radius 3 is 2.71 bits per heavy atom. The molecule has 2 amide bonds. The number of carbonyl (C=O) groups excluding carboxylic acids is 2. The van der Waals surface area contributed by atoms with Gasteiger partial charge in [0.25, 0.3) is 5.91 Å². The van der Waals surface area contributed by atoms with Gasteiger partial charge in [-0.2, -0.15) is 5.10 Å². The van der Waals surface area contributed by atoms with Gasteiger partial charge in [-0.1, -0.05) is 6.92 Å². The van der Waals surface area contributed by atoms with Gasteiger partial charge in [0.15, 0.2) is 0 Å². The van der Waals surface area contributed by atoms with Crippen LogP contribution in [0.5, 0.6) is 0 Å². The molecule has 0 saturated carbocycles. The second kappa shape index (κ2) is 7.62. The Kier molecular flexibility index (Phi) is 5.56. The van der Waals surface area contributed by atoms with Crippen LogP contribution in [-0.4, -0.2) is 51.2 Å². The molecule has 0 aromatic carbocycles. The van der Waals surface area contributed by atoms with Crippen LogP contribution in [0.2, 0.25) is 0 Å². The molecule has 2 aromatic rings. The quantitative estimate of drug-likeness (QED) is 0.742. The Morgan fingerprint density at radius 2 is 2.11 bits per heavy atom. The second-order valence-corrected chi connectivity index (χ2v) is 9.01. The molecule has 1 aliphatic rings. The van der Waals surface area contributed by atoms with Crippen molar-refractivity contribution in [3.05, 3.63) is 28.5 Å². The molecule has 8 nitrogen and oxygen atoms in total. The molecule has 0 spiro atoms. The van der Waals surface area contributed by atoms with E-state index in [0.717, 1.165) is 16.4 Å². The minimum atomic E-state index is -0.551. The molecule has 9 heteroatoms. The number of aromatic nitrogens is 2. The maximum Gasteiger partial charge on any atom is 0.410 e. The first-order valence-electron chi connectivity index (χ1n) is 9.30. The van der Waals surface area contributed by atoms with E-state index >= 15 is 0 Å². The third-order valence-electron chi connectivity index (χ3n) is 4.82. The van der Waals surface area contributed by atoms with Crippen molar-refractivity contribution in [2.45, 2.75) is 45.8 Å². The predicted molar refractivity (Wildman–Crippen MR) is 110 cm³/mol. The van der Waals surface area contributed by atoms with E-state index in [4.69, 9.17) is 10.5 Å². The summed E-state index contributed by atoms with van der Waals surface area (Å²) < 4.78 is 8.04. The van der Waals surface area contributed by atoms with E-state index in [1.54, 1.807) is 9.42 Å². The van der Waals surface area contributed by atoms with E-state index in [-0.39, 0.29) is 18.1 Å². The van der Waals surface area contributed by atoms with Crippen molar-refractivity contribution >= 4 is 39.1 Å². The van der Waals surface area contributed by atoms with Gasteiger partial charge in [-0.15, -0.1) is 0 Å². The Balaban J connectivity index is 1.89. The van der Waals surface area contributed by atoms with Crippen LogP contribution < -0.4 is 11.1 Å². The number of nitrogens with two attached hydrogens (primary N) is 1. The number of nitrogens with zero attached hydrogens (tertiary/aromatic N) is 3. The van der Waals surface area contributed by atoms with Crippen LogP contribution in [0.1, 0.15) is 44.5 Å². The molecule has 3 N–H and O–H groups in total. The van der Waals surface area contributed by atoms with E-state index in [1.165, 1.54) is 6.20 Å². The van der Waals surface area contributed by atoms with Crippen LogP contribution in [-0.2, 0) is 4.74 Å². The third-order valence-corrected chi connectivity index (χ3v) is 5.25. The molecule has 0 aliphatic carbocycles. The standard InChI is InChI=1S/C19H26BrN5O3/c1-5-11-8-24(18(27)28-19(2,3)4)10-14(11)23-16-13(17(21)26)7-22-25-9-12(20)6-15(16)25/h6-7,9,11,14,23H,5,8,10H2,1-4H3,(H2,21,26)/t11-,14+/m0/s1. The predicted octanol–water partition coefficient (Wildman–Crippen LogP) is 3.25. The molecule has 0 bridgehead atoms. The number of fused-ring (bicyclic) bond motifs is 1. The number of likely N-dealkylation sites (tertiary alicyclic amines) is 1. The number of carbonyl (C=O) groups is 2. The molecule has 3 rings (SSSR count). The van der Waals surface area contributed by atoms with Crippen LogP contribution in [0.25, 0.3) is 5.52 Å². The molecule has 2 aromatic heterocycles. The summed E-state index contributed by atoms with van der Waals surface area (Å²) in [5.41, 5.74) is 6.73. The Bertz CT molecular complexity index is 905. The van der Waals surface area contributed by atoms with E-state index in [9.17, 15) is 9.59 Å². The first kappa shape index (κ1) is 20.4. The Morgan fingerprint density at radius 1 is 1.39 bits per heavy atom. The zero-order valence-electron chi connectivity index (χ0n) is 16.5. The molecule has 28 heavy (non-hydrogen) atoms. The molecule has 3 heterocycles. The number of anilines is 1. The van der Waals surface area contributed by atoms with Crippen molar-refractivity contribution in [3.8, 4) is 0 Å². The maximum absolute atomic E-state index is 12.5. The summed E-state index contributed by atoms with van der Waals surface area (Å²) in [5.74, 6) is -0.329. The third kappa shape index (κ3) is 4.24. The summed E-state index contributed by atoms with van der Waals surface area (Å²) in [6.45, 7) is 8.73. The number of nitrogens with one attached hydrogen (secondary N) is 1. The minimum Gasteiger partial charge on any atom is -0.444 e. The van der Waals surface area contributed by atoms with Crippen molar-refractivity contribution in [1.29, 1.82) is 0 Å². The number of ether oxygens (including phenoxy) is 1. The fraction of sp³-hybridized carbons (Fsp3) is 0.526. The number of rotatable bonds is 4. The monoisotopic (exact) mass is 451 g/mol. The lowest BCUT2D eigenvalue weighted by atomic mass is 10.00. The summed E-state index contributed by atoms with van der Waals surface area (Å²) >= 11 is 3.44. The highest BCUT2D eigenvalue weighted by Gasteiger charge is 2.37. The van der Waals surface area contributed by atoms with Crippen LogP contribution in [0.15, 0.2) is 22.9 Å². The van der Waals surface area contributed by atoms with E-state index in [0.29, 0.717) is 24.3 Å². The van der Waals surface area contributed by atoms with Crippen LogP contribution in [0.4, 0.5) is 10.5 Å².